The van der Waals surface area contributed by atoms with E-state index in [2.05, 4.69) is 65.7 Å². The Kier molecular flexibility index (Phi) is 3.28. The average Bonchev–Trinajstić information content (AvgIpc) is 3.13. The van der Waals surface area contributed by atoms with E-state index < -0.39 is 0 Å². The fourth-order valence-corrected chi connectivity index (χ4v) is 3.27. The molecule has 5 rings (SSSR count). The maximum Gasteiger partial charge on any atom is 0.186 e. The number of aryl methyl sites for hydroxylation is 1. The normalized spacial score (nSPS) is 11.3. The quantitative estimate of drug-likeness (QED) is 0.459. The number of rotatable bonds is 2. The SMILES string of the molecule is Cc1ccc(-c2nnc3c4ccccc4c(-c4ccccc4)nn23)cc1. The van der Waals surface area contributed by atoms with Crippen LogP contribution >= 0.6 is 0 Å². The lowest BCUT2D eigenvalue weighted by atomic mass is 10.0. The standard InChI is InChI=1S/C22H16N4/c1-15-11-13-17(14-12-15)21-23-24-22-19-10-6-5-9-18(19)20(25-26(21)22)16-7-3-2-4-8-16/h2-14H,1H3. The Hall–Kier alpha value is -3.53. The van der Waals surface area contributed by atoms with Crippen molar-refractivity contribution >= 4 is 16.4 Å². The maximum absolute atomic E-state index is 4.92. The third-order valence-electron chi connectivity index (χ3n) is 4.62. The molecule has 4 heteroatoms. The molecule has 0 saturated heterocycles. The summed E-state index contributed by atoms with van der Waals surface area (Å²) in [4.78, 5) is 0. The van der Waals surface area contributed by atoms with Gasteiger partial charge in [-0.1, -0.05) is 84.4 Å². The van der Waals surface area contributed by atoms with Gasteiger partial charge in [-0.2, -0.15) is 9.61 Å². The molecule has 0 amide bonds. The summed E-state index contributed by atoms with van der Waals surface area (Å²) < 4.78 is 1.86. The van der Waals surface area contributed by atoms with Crippen LogP contribution in [0.4, 0.5) is 0 Å². The molecule has 0 spiro atoms. The predicted molar refractivity (Wildman–Crippen MR) is 104 cm³/mol. The Balaban J connectivity index is 1.86. The summed E-state index contributed by atoms with van der Waals surface area (Å²) in [6.07, 6.45) is 0. The van der Waals surface area contributed by atoms with Crippen LogP contribution in [0.1, 0.15) is 5.56 Å². The molecule has 0 bridgehead atoms. The summed E-state index contributed by atoms with van der Waals surface area (Å²) in [5.74, 6) is 0.753. The molecule has 2 aromatic heterocycles. The second-order valence-corrected chi connectivity index (χ2v) is 6.39. The van der Waals surface area contributed by atoms with E-state index in [1.54, 1.807) is 0 Å². The number of nitrogens with zero attached hydrogens (tertiary/aromatic N) is 4. The van der Waals surface area contributed by atoms with Gasteiger partial charge in [-0.25, -0.2) is 0 Å². The van der Waals surface area contributed by atoms with Crippen molar-refractivity contribution in [2.24, 2.45) is 0 Å². The summed E-state index contributed by atoms with van der Waals surface area (Å²) in [6.45, 7) is 2.07. The van der Waals surface area contributed by atoms with E-state index in [-0.39, 0.29) is 0 Å². The van der Waals surface area contributed by atoms with E-state index in [1.807, 2.05) is 34.8 Å². The van der Waals surface area contributed by atoms with Gasteiger partial charge in [0.25, 0.3) is 0 Å². The zero-order valence-electron chi connectivity index (χ0n) is 14.3. The second kappa shape index (κ2) is 5.77. The van der Waals surface area contributed by atoms with E-state index in [0.717, 1.165) is 39.1 Å². The fourth-order valence-electron chi connectivity index (χ4n) is 3.27. The van der Waals surface area contributed by atoms with Gasteiger partial charge in [0.1, 0.15) is 0 Å². The summed E-state index contributed by atoms with van der Waals surface area (Å²) in [6, 6.07) is 26.7. The first-order chi connectivity index (χ1) is 12.8. The van der Waals surface area contributed by atoms with Crippen LogP contribution in [0.15, 0.2) is 78.9 Å². The molecule has 3 aromatic carbocycles. The Labute approximate surface area is 150 Å². The van der Waals surface area contributed by atoms with Crippen LogP contribution in [0.3, 0.4) is 0 Å². The summed E-state index contributed by atoms with van der Waals surface area (Å²) >= 11 is 0. The van der Waals surface area contributed by atoms with Crippen LogP contribution in [0.5, 0.6) is 0 Å². The van der Waals surface area contributed by atoms with Gasteiger partial charge >= 0.3 is 0 Å². The van der Waals surface area contributed by atoms with Crippen LogP contribution in [-0.4, -0.2) is 19.8 Å². The molecule has 5 aromatic rings. The minimum atomic E-state index is 0.753. The van der Waals surface area contributed by atoms with Gasteiger partial charge in [-0.15, -0.1) is 10.2 Å². The number of fused-ring (bicyclic) bond motifs is 3. The van der Waals surface area contributed by atoms with Crippen LogP contribution in [0.2, 0.25) is 0 Å². The van der Waals surface area contributed by atoms with E-state index in [0.29, 0.717) is 0 Å². The highest BCUT2D eigenvalue weighted by Gasteiger charge is 2.16. The molecule has 124 valence electrons. The predicted octanol–water partition coefficient (Wildman–Crippen LogP) is 4.92. The van der Waals surface area contributed by atoms with Crippen molar-refractivity contribution in [3.05, 3.63) is 84.4 Å². The van der Waals surface area contributed by atoms with Gasteiger partial charge < -0.3 is 0 Å². The number of hydrogen-bond acceptors (Lipinski definition) is 3. The smallest absolute Gasteiger partial charge is 0.186 e. The van der Waals surface area contributed by atoms with Gasteiger partial charge in [0.15, 0.2) is 11.5 Å². The highest BCUT2D eigenvalue weighted by molar-refractivity contribution is 6.01. The lowest BCUT2D eigenvalue weighted by Gasteiger charge is -2.08. The fraction of sp³-hybridized carbons (Fsp3) is 0.0455. The van der Waals surface area contributed by atoms with Crippen molar-refractivity contribution in [3.63, 3.8) is 0 Å². The van der Waals surface area contributed by atoms with E-state index >= 15 is 0 Å². The molecule has 0 aliphatic carbocycles. The van der Waals surface area contributed by atoms with Crippen molar-refractivity contribution in [1.82, 2.24) is 19.8 Å². The zero-order valence-corrected chi connectivity index (χ0v) is 14.3. The first kappa shape index (κ1) is 14.8. The Morgan fingerprint density at radius 2 is 1.35 bits per heavy atom. The van der Waals surface area contributed by atoms with Crippen molar-refractivity contribution < 1.29 is 0 Å². The van der Waals surface area contributed by atoms with Gasteiger partial charge in [-0.05, 0) is 6.92 Å². The topological polar surface area (TPSA) is 43.1 Å². The van der Waals surface area contributed by atoms with E-state index in [4.69, 9.17) is 5.10 Å². The highest BCUT2D eigenvalue weighted by Crippen LogP contribution is 2.30. The lowest BCUT2D eigenvalue weighted by Crippen LogP contribution is -1.99. The largest absolute Gasteiger partial charge is 0.192 e. The lowest BCUT2D eigenvalue weighted by molar-refractivity contribution is 0.951. The molecular formula is C22H16N4. The summed E-state index contributed by atoms with van der Waals surface area (Å²) in [5.41, 5.74) is 5.00. The molecule has 4 nitrogen and oxygen atoms in total. The van der Waals surface area contributed by atoms with Crippen molar-refractivity contribution in [2.75, 3.05) is 0 Å². The molecule has 2 heterocycles. The van der Waals surface area contributed by atoms with Gasteiger partial charge in [0.05, 0.1) is 5.69 Å². The van der Waals surface area contributed by atoms with Crippen molar-refractivity contribution in [1.29, 1.82) is 0 Å². The Morgan fingerprint density at radius 1 is 0.654 bits per heavy atom. The number of aromatic nitrogens is 4. The summed E-state index contributed by atoms with van der Waals surface area (Å²) in [5, 5.41) is 15.9. The molecule has 0 atom stereocenters. The molecule has 0 fully saturated rings. The van der Waals surface area contributed by atoms with Crippen LogP contribution in [0.25, 0.3) is 39.1 Å². The van der Waals surface area contributed by atoms with Crippen molar-refractivity contribution in [3.8, 4) is 22.6 Å². The third kappa shape index (κ3) is 2.27. The Bertz CT molecular complexity index is 1220. The van der Waals surface area contributed by atoms with Crippen molar-refractivity contribution in [2.45, 2.75) is 6.92 Å². The molecule has 0 aliphatic heterocycles. The van der Waals surface area contributed by atoms with E-state index in [9.17, 15) is 0 Å². The molecular weight excluding hydrogens is 320 g/mol. The molecule has 0 aliphatic rings. The second-order valence-electron chi connectivity index (χ2n) is 6.39. The molecule has 0 unspecified atom stereocenters. The van der Waals surface area contributed by atoms with E-state index in [1.165, 1.54) is 5.56 Å². The highest BCUT2D eigenvalue weighted by atomic mass is 15.4. The van der Waals surface area contributed by atoms with Crippen LogP contribution in [0, 0.1) is 6.92 Å². The monoisotopic (exact) mass is 336 g/mol. The van der Waals surface area contributed by atoms with Gasteiger partial charge in [0.2, 0.25) is 0 Å². The minimum absolute atomic E-state index is 0.753. The maximum atomic E-state index is 4.92. The zero-order chi connectivity index (χ0) is 17.5. The third-order valence-corrected chi connectivity index (χ3v) is 4.62. The van der Waals surface area contributed by atoms with Crippen LogP contribution in [-0.2, 0) is 0 Å². The first-order valence-electron chi connectivity index (χ1n) is 8.58. The first-order valence-corrected chi connectivity index (χ1v) is 8.58. The number of hydrogen-bond donors (Lipinski definition) is 0. The van der Waals surface area contributed by atoms with Gasteiger partial charge in [-0.3, -0.25) is 0 Å². The molecule has 0 N–H and O–H groups in total. The summed E-state index contributed by atoms with van der Waals surface area (Å²) in [7, 11) is 0. The average molecular weight is 336 g/mol. The minimum Gasteiger partial charge on any atom is -0.192 e. The molecule has 0 saturated carbocycles. The van der Waals surface area contributed by atoms with Crippen LogP contribution < -0.4 is 0 Å². The number of benzene rings is 3. The Morgan fingerprint density at radius 3 is 2.12 bits per heavy atom. The molecule has 26 heavy (non-hydrogen) atoms. The van der Waals surface area contributed by atoms with Gasteiger partial charge in [0, 0.05) is 21.9 Å². The molecule has 0 radical (unpaired) electrons.